The number of thioether (sulfide) groups is 1. The van der Waals surface area contributed by atoms with Gasteiger partial charge >= 0.3 is 5.97 Å². The molecule has 0 saturated heterocycles. The normalized spacial score (nSPS) is 14.9. The van der Waals surface area contributed by atoms with Crippen molar-refractivity contribution < 1.29 is 34.2 Å². The molecule has 0 radical (unpaired) electrons. The monoisotopic (exact) mass is 449 g/mol. The highest BCUT2D eigenvalue weighted by molar-refractivity contribution is 7.98. The number of carboxylic acids is 1. The zero-order valence-corrected chi connectivity index (χ0v) is 18.0. The Balaban J connectivity index is 5.14. The number of nitrogens with two attached hydrogens (primary N) is 2. The van der Waals surface area contributed by atoms with Crippen molar-refractivity contribution in [2.45, 2.75) is 50.9 Å². The van der Waals surface area contributed by atoms with Crippen LogP contribution in [0.5, 0.6) is 0 Å². The molecule has 0 aromatic heterocycles. The van der Waals surface area contributed by atoms with E-state index >= 15 is 0 Å². The number of aliphatic carboxylic acids is 1. The van der Waals surface area contributed by atoms with Gasteiger partial charge in [0.05, 0.1) is 19.1 Å². The molecule has 4 atom stereocenters. The fourth-order valence-electron chi connectivity index (χ4n) is 2.30. The molecule has 0 heterocycles. The second kappa shape index (κ2) is 13.8. The molecular formula is C17H31N5O7S. The van der Waals surface area contributed by atoms with Crippen LogP contribution in [0, 0.1) is 5.92 Å². The fraction of sp³-hybridized carbons (Fsp3) is 0.706. The van der Waals surface area contributed by atoms with Gasteiger partial charge in [0.25, 0.3) is 0 Å². The molecule has 0 spiro atoms. The predicted octanol–water partition coefficient (Wildman–Crippen LogP) is -2.87. The number of aliphatic hydroxyl groups is 1. The molecule has 0 bridgehead atoms. The second-order valence-electron chi connectivity index (χ2n) is 6.93. The molecule has 0 aliphatic heterocycles. The SMILES string of the molecule is CSCCC(N)C(=O)NC(CO)C(=O)NC(C(=O)NC(CC(N)=O)C(=O)O)C(C)C. The van der Waals surface area contributed by atoms with Crippen LogP contribution in [-0.2, 0) is 24.0 Å². The summed E-state index contributed by atoms with van der Waals surface area (Å²) in [5.74, 6) is -4.56. The first kappa shape index (κ1) is 27.6. The van der Waals surface area contributed by atoms with Crippen molar-refractivity contribution in [1.29, 1.82) is 0 Å². The van der Waals surface area contributed by atoms with Gasteiger partial charge in [-0.2, -0.15) is 11.8 Å². The van der Waals surface area contributed by atoms with Gasteiger partial charge in [0.15, 0.2) is 0 Å². The van der Waals surface area contributed by atoms with Crippen LogP contribution in [0.2, 0.25) is 0 Å². The van der Waals surface area contributed by atoms with Gasteiger partial charge in [-0.15, -0.1) is 0 Å². The highest BCUT2D eigenvalue weighted by atomic mass is 32.2. The lowest BCUT2D eigenvalue weighted by Crippen LogP contribution is -2.59. The van der Waals surface area contributed by atoms with Gasteiger partial charge in [-0.3, -0.25) is 19.2 Å². The maximum absolute atomic E-state index is 12.5. The van der Waals surface area contributed by atoms with Gasteiger partial charge in [0.1, 0.15) is 18.1 Å². The van der Waals surface area contributed by atoms with Crippen LogP contribution in [0.25, 0.3) is 0 Å². The molecule has 0 fully saturated rings. The zero-order chi connectivity index (χ0) is 23.4. The Morgan fingerprint density at radius 3 is 1.97 bits per heavy atom. The van der Waals surface area contributed by atoms with Crippen molar-refractivity contribution in [2.75, 3.05) is 18.6 Å². The maximum Gasteiger partial charge on any atom is 0.326 e. The summed E-state index contributed by atoms with van der Waals surface area (Å²) >= 11 is 1.50. The van der Waals surface area contributed by atoms with E-state index < -0.39 is 72.7 Å². The molecule has 0 aromatic carbocycles. The van der Waals surface area contributed by atoms with E-state index in [2.05, 4.69) is 16.0 Å². The topological polar surface area (TPSA) is 214 Å². The van der Waals surface area contributed by atoms with E-state index in [4.69, 9.17) is 16.6 Å². The number of amides is 4. The third kappa shape index (κ3) is 9.89. The second-order valence-corrected chi connectivity index (χ2v) is 7.92. The summed E-state index contributed by atoms with van der Waals surface area (Å²) < 4.78 is 0. The van der Waals surface area contributed by atoms with Crippen LogP contribution in [0.4, 0.5) is 0 Å². The first-order valence-electron chi connectivity index (χ1n) is 9.22. The molecular weight excluding hydrogens is 418 g/mol. The molecule has 0 aromatic rings. The van der Waals surface area contributed by atoms with Gasteiger partial charge < -0.3 is 37.6 Å². The number of carboxylic acid groups (broad SMARTS) is 1. The smallest absolute Gasteiger partial charge is 0.326 e. The Morgan fingerprint density at radius 1 is 0.967 bits per heavy atom. The van der Waals surface area contributed by atoms with E-state index in [9.17, 15) is 29.1 Å². The third-order valence-electron chi connectivity index (χ3n) is 4.05. The lowest BCUT2D eigenvalue weighted by molar-refractivity contribution is -0.144. The number of primary amides is 1. The van der Waals surface area contributed by atoms with Crippen LogP contribution in [-0.4, -0.2) is 82.6 Å². The molecule has 4 amide bonds. The summed E-state index contributed by atoms with van der Waals surface area (Å²) in [6.45, 7) is 2.46. The molecule has 4 unspecified atom stereocenters. The lowest BCUT2D eigenvalue weighted by Gasteiger charge is -2.26. The summed E-state index contributed by atoms with van der Waals surface area (Å²) in [5, 5.41) is 25.4. The Labute approximate surface area is 178 Å². The number of carbonyl (C=O) groups is 5. The first-order valence-corrected chi connectivity index (χ1v) is 10.6. The first-order chi connectivity index (χ1) is 13.9. The largest absolute Gasteiger partial charge is 0.480 e. The van der Waals surface area contributed by atoms with Gasteiger partial charge in [0.2, 0.25) is 23.6 Å². The average molecular weight is 450 g/mol. The number of carbonyl (C=O) groups excluding carboxylic acids is 4. The van der Waals surface area contributed by atoms with Crippen molar-refractivity contribution in [3.8, 4) is 0 Å². The summed E-state index contributed by atoms with van der Waals surface area (Å²) in [6.07, 6.45) is 1.60. The van der Waals surface area contributed by atoms with Gasteiger partial charge in [-0.05, 0) is 24.3 Å². The van der Waals surface area contributed by atoms with Gasteiger partial charge in [-0.25, -0.2) is 4.79 Å². The summed E-state index contributed by atoms with van der Waals surface area (Å²) in [7, 11) is 0. The van der Waals surface area contributed by atoms with Crippen molar-refractivity contribution in [2.24, 2.45) is 17.4 Å². The Morgan fingerprint density at radius 2 is 1.53 bits per heavy atom. The minimum atomic E-state index is -1.56. The summed E-state index contributed by atoms with van der Waals surface area (Å²) in [5.41, 5.74) is 10.7. The molecule has 0 rings (SSSR count). The molecule has 0 aliphatic rings. The maximum atomic E-state index is 12.5. The van der Waals surface area contributed by atoms with E-state index in [-0.39, 0.29) is 0 Å². The fourth-order valence-corrected chi connectivity index (χ4v) is 2.79. The van der Waals surface area contributed by atoms with Crippen molar-refractivity contribution in [3.63, 3.8) is 0 Å². The summed E-state index contributed by atoms with van der Waals surface area (Å²) in [4.78, 5) is 59.2. The number of hydrogen-bond acceptors (Lipinski definition) is 8. The van der Waals surface area contributed by atoms with Crippen LogP contribution >= 0.6 is 11.8 Å². The molecule has 12 nitrogen and oxygen atoms in total. The molecule has 9 N–H and O–H groups in total. The van der Waals surface area contributed by atoms with Crippen LogP contribution in [0.15, 0.2) is 0 Å². The van der Waals surface area contributed by atoms with E-state index in [0.717, 1.165) is 0 Å². The number of rotatable bonds is 14. The van der Waals surface area contributed by atoms with Crippen LogP contribution in [0.1, 0.15) is 26.7 Å². The standard InChI is InChI=1S/C17H31N5O7S/c1-8(2)13(16(27)20-10(17(28)29)6-12(19)24)22-15(26)11(7-23)21-14(25)9(18)4-5-30-3/h8-11,13,23H,4-7,18H2,1-3H3,(H2,19,24)(H,20,27)(H,21,25)(H,22,26)(H,28,29). The van der Waals surface area contributed by atoms with Gasteiger partial charge in [-0.1, -0.05) is 13.8 Å². The van der Waals surface area contributed by atoms with Gasteiger partial charge in [0, 0.05) is 0 Å². The van der Waals surface area contributed by atoms with E-state index in [1.54, 1.807) is 13.8 Å². The minimum absolute atomic E-state index is 0.375. The molecule has 172 valence electrons. The minimum Gasteiger partial charge on any atom is -0.480 e. The third-order valence-corrected chi connectivity index (χ3v) is 4.70. The van der Waals surface area contributed by atoms with Crippen LogP contribution < -0.4 is 27.4 Å². The summed E-state index contributed by atoms with van der Waals surface area (Å²) in [6, 6.07) is -4.97. The predicted molar refractivity (Wildman–Crippen MR) is 110 cm³/mol. The van der Waals surface area contributed by atoms with E-state index in [1.165, 1.54) is 11.8 Å². The van der Waals surface area contributed by atoms with Crippen molar-refractivity contribution >= 4 is 41.4 Å². The number of hydrogen-bond donors (Lipinski definition) is 7. The van der Waals surface area contributed by atoms with Crippen molar-refractivity contribution in [3.05, 3.63) is 0 Å². The highest BCUT2D eigenvalue weighted by Gasteiger charge is 2.32. The lowest BCUT2D eigenvalue weighted by atomic mass is 10.0. The molecule has 0 saturated carbocycles. The van der Waals surface area contributed by atoms with Crippen molar-refractivity contribution in [1.82, 2.24) is 16.0 Å². The van der Waals surface area contributed by atoms with E-state index in [1.807, 2.05) is 6.26 Å². The molecule has 13 heteroatoms. The Kier molecular flexibility index (Phi) is 12.7. The Hall–Kier alpha value is -2.38. The highest BCUT2D eigenvalue weighted by Crippen LogP contribution is 2.05. The molecule has 30 heavy (non-hydrogen) atoms. The zero-order valence-electron chi connectivity index (χ0n) is 17.2. The Bertz CT molecular complexity index is 632. The molecule has 0 aliphatic carbocycles. The number of aliphatic hydroxyl groups excluding tert-OH is 1. The van der Waals surface area contributed by atoms with E-state index in [0.29, 0.717) is 12.2 Å². The number of nitrogens with one attached hydrogen (secondary N) is 3. The quantitative estimate of drug-likeness (QED) is 0.145. The average Bonchev–Trinajstić information content (AvgIpc) is 2.66. The van der Waals surface area contributed by atoms with Crippen LogP contribution in [0.3, 0.4) is 0 Å².